The Morgan fingerprint density at radius 2 is 2.38 bits per heavy atom. The molecule has 0 aliphatic carbocycles. The lowest BCUT2D eigenvalue weighted by molar-refractivity contribution is -0.151. The molecule has 0 aliphatic heterocycles. The van der Waals surface area contributed by atoms with E-state index in [1.54, 1.807) is 7.11 Å². The van der Waals surface area contributed by atoms with E-state index in [9.17, 15) is 9.90 Å². The number of nitrogens with zero attached hydrogens (tertiary/aromatic N) is 2. The first-order valence-electron chi connectivity index (χ1n) is 4.57. The number of esters is 1. The molecular weight excluding hydrogens is 280 g/mol. The molecule has 0 bridgehead atoms. The van der Waals surface area contributed by atoms with Crippen LogP contribution in [-0.2, 0) is 20.8 Å². The van der Waals surface area contributed by atoms with Crippen LogP contribution in [0.3, 0.4) is 0 Å². The van der Waals surface area contributed by atoms with Gasteiger partial charge in [-0.2, -0.15) is 5.10 Å². The minimum atomic E-state index is -1.35. The van der Waals surface area contributed by atoms with Crippen LogP contribution in [0.2, 0.25) is 0 Å². The first-order valence-corrected chi connectivity index (χ1v) is 5.37. The highest BCUT2D eigenvalue weighted by Crippen LogP contribution is 2.24. The van der Waals surface area contributed by atoms with Crippen molar-refractivity contribution in [1.29, 1.82) is 0 Å². The third kappa shape index (κ3) is 2.81. The highest BCUT2D eigenvalue weighted by Gasteiger charge is 2.25. The van der Waals surface area contributed by atoms with Gasteiger partial charge >= 0.3 is 5.97 Å². The Bertz CT molecular complexity index is 366. The first-order chi connectivity index (χ1) is 7.61. The van der Waals surface area contributed by atoms with Crippen LogP contribution in [0.25, 0.3) is 0 Å². The summed E-state index contributed by atoms with van der Waals surface area (Å²) in [7, 11) is 2.78. The van der Waals surface area contributed by atoms with Gasteiger partial charge in [-0.3, -0.25) is 4.68 Å². The van der Waals surface area contributed by atoms with Crippen LogP contribution < -0.4 is 0 Å². The predicted octanol–water partition coefficient (Wildman–Crippen LogP) is 0.498. The maximum atomic E-state index is 11.2. The van der Waals surface area contributed by atoms with E-state index in [1.165, 1.54) is 18.0 Å². The first kappa shape index (κ1) is 13.1. The van der Waals surface area contributed by atoms with Gasteiger partial charge in [0.15, 0.2) is 6.10 Å². The Kier molecular flexibility index (Phi) is 4.91. The fourth-order valence-corrected chi connectivity index (χ4v) is 1.74. The van der Waals surface area contributed by atoms with Crippen LogP contribution >= 0.6 is 15.9 Å². The number of methoxy groups -OCH3 is 2. The number of ether oxygens (including phenoxy) is 2. The van der Waals surface area contributed by atoms with Crippen molar-refractivity contribution in [3.8, 4) is 0 Å². The van der Waals surface area contributed by atoms with Gasteiger partial charge in [0.2, 0.25) is 0 Å². The van der Waals surface area contributed by atoms with E-state index < -0.39 is 12.1 Å². The van der Waals surface area contributed by atoms with Crippen molar-refractivity contribution in [2.75, 3.05) is 20.8 Å². The summed E-state index contributed by atoms with van der Waals surface area (Å²) in [5.74, 6) is -0.722. The fraction of sp³-hybridized carbons (Fsp3) is 0.556. The topological polar surface area (TPSA) is 73.6 Å². The predicted molar refractivity (Wildman–Crippen MR) is 58.8 cm³/mol. The Labute approximate surface area is 101 Å². The van der Waals surface area contributed by atoms with Gasteiger partial charge in [0.25, 0.3) is 0 Å². The van der Waals surface area contributed by atoms with Gasteiger partial charge in [0.1, 0.15) is 0 Å². The smallest absolute Gasteiger partial charge is 0.341 e. The molecule has 1 heterocycles. The normalized spacial score (nSPS) is 12.5. The molecule has 0 amide bonds. The highest BCUT2D eigenvalue weighted by atomic mass is 79.9. The molecule has 0 saturated carbocycles. The molecule has 1 atom stereocenters. The lowest BCUT2D eigenvalue weighted by Crippen LogP contribution is -2.19. The highest BCUT2D eigenvalue weighted by molar-refractivity contribution is 9.10. The van der Waals surface area contributed by atoms with Crippen molar-refractivity contribution in [3.05, 3.63) is 16.4 Å². The van der Waals surface area contributed by atoms with Crippen LogP contribution in [0.15, 0.2) is 10.7 Å². The van der Waals surface area contributed by atoms with Crippen molar-refractivity contribution in [2.45, 2.75) is 12.6 Å². The quantitative estimate of drug-likeness (QED) is 0.800. The lowest BCUT2D eigenvalue weighted by Gasteiger charge is -2.11. The molecule has 0 radical (unpaired) electrons. The second-order valence-electron chi connectivity index (χ2n) is 3.02. The Balaban J connectivity index is 2.92. The van der Waals surface area contributed by atoms with Crippen LogP contribution in [0, 0.1) is 0 Å². The zero-order chi connectivity index (χ0) is 12.1. The summed E-state index contributed by atoms with van der Waals surface area (Å²) >= 11 is 3.22. The molecule has 1 unspecified atom stereocenters. The minimum Gasteiger partial charge on any atom is -0.467 e. The van der Waals surface area contributed by atoms with Gasteiger partial charge in [0, 0.05) is 7.11 Å². The Morgan fingerprint density at radius 1 is 1.69 bits per heavy atom. The van der Waals surface area contributed by atoms with E-state index in [2.05, 4.69) is 25.8 Å². The zero-order valence-corrected chi connectivity index (χ0v) is 10.6. The minimum absolute atomic E-state index is 0.365. The molecular formula is C9H13BrN2O4. The monoisotopic (exact) mass is 292 g/mol. The second kappa shape index (κ2) is 5.97. The summed E-state index contributed by atoms with van der Waals surface area (Å²) in [5.41, 5.74) is 0.365. The maximum absolute atomic E-state index is 11.2. The van der Waals surface area contributed by atoms with Crippen LogP contribution in [0.5, 0.6) is 0 Å². The van der Waals surface area contributed by atoms with E-state index in [-0.39, 0.29) is 0 Å². The van der Waals surface area contributed by atoms with Crippen molar-refractivity contribution < 1.29 is 19.4 Å². The van der Waals surface area contributed by atoms with Crippen LogP contribution in [0.1, 0.15) is 11.8 Å². The van der Waals surface area contributed by atoms with E-state index in [1.807, 2.05) is 0 Å². The molecule has 1 rings (SSSR count). The van der Waals surface area contributed by atoms with Crippen LogP contribution in [-0.4, -0.2) is 41.7 Å². The van der Waals surface area contributed by atoms with Gasteiger partial charge in [0.05, 0.1) is 36.6 Å². The summed E-state index contributed by atoms with van der Waals surface area (Å²) < 4.78 is 11.4. The average Bonchev–Trinajstić information content (AvgIpc) is 2.65. The Hall–Kier alpha value is -0.920. The number of aromatic nitrogens is 2. The standard InChI is InChI=1S/C9H13BrN2O4/c1-15-4-3-12-7(6(10)5-11-12)8(13)9(14)16-2/h5,8,13H,3-4H2,1-2H3. The molecule has 0 spiro atoms. The molecule has 1 aromatic heterocycles. The van der Waals surface area contributed by atoms with Crippen molar-refractivity contribution in [3.63, 3.8) is 0 Å². The van der Waals surface area contributed by atoms with E-state index >= 15 is 0 Å². The summed E-state index contributed by atoms with van der Waals surface area (Å²) in [6.45, 7) is 0.889. The largest absolute Gasteiger partial charge is 0.467 e. The number of carbonyl (C=O) groups is 1. The fourth-order valence-electron chi connectivity index (χ4n) is 1.22. The Morgan fingerprint density at radius 3 is 2.94 bits per heavy atom. The lowest BCUT2D eigenvalue weighted by atomic mass is 10.2. The summed E-state index contributed by atoms with van der Waals surface area (Å²) in [6, 6.07) is 0. The third-order valence-corrected chi connectivity index (χ3v) is 2.63. The van der Waals surface area contributed by atoms with Crippen molar-refractivity contribution in [2.24, 2.45) is 0 Å². The molecule has 1 aromatic rings. The molecule has 90 valence electrons. The molecule has 0 saturated heterocycles. The molecule has 1 N–H and O–H groups in total. The van der Waals surface area contributed by atoms with E-state index in [4.69, 9.17) is 4.74 Å². The molecule has 0 aromatic carbocycles. The number of aliphatic hydroxyl groups is 1. The molecule has 7 heteroatoms. The summed E-state index contributed by atoms with van der Waals surface area (Å²) in [5, 5.41) is 13.7. The molecule has 0 fully saturated rings. The number of hydrogen-bond donors (Lipinski definition) is 1. The summed E-state index contributed by atoms with van der Waals surface area (Å²) in [6.07, 6.45) is 0.163. The molecule has 6 nitrogen and oxygen atoms in total. The molecule has 0 aliphatic rings. The average molecular weight is 293 g/mol. The van der Waals surface area contributed by atoms with Gasteiger partial charge in [-0.1, -0.05) is 0 Å². The third-order valence-electron chi connectivity index (χ3n) is 2.02. The maximum Gasteiger partial charge on any atom is 0.341 e. The van der Waals surface area contributed by atoms with E-state index in [0.29, 0.717) is 23.3 Å². The van der Waals surface area contributed by atoms with E-state index in [0.717, 1.165) is 0 Å². The van der Waals surface area contributed by atoms with Crippen molar-refractivity contribution in [1.82, 2.24) is 9.78 Å². The number of halogens is 1. The van der Waals surface area contributed by atoms with Crippen LogP contribution in [0.4, 0.5) is 0 Å². The zero-order valence-electron chi connectivity index (χ0n) is 9.01. The second-order valence-corrected chi connectivity index (χ2v) is 3.87. The molecule has 16 heavy (non-hydrogen) atoms. The SMILES string of the molecule is COCCn1ncc(Br)c1C(O)C(=O)OC. The van der Waals surface area contributed by atoms with Gasteiger partial charge in [-0.15, -0.1) is 0 Å². The number of carbonyl (C=O) groups excluding carboxylic acids is 1. The summed E-state index contributed by atoms with van der Waals surface area (Å²) in [4.78, 5) is 11.2. The number of rotatable bonds is 5. The van der Waals surface area contributed by atoms with Gasteiger partial charge in [-0.05, 0) is 15.9 Å². The van der Waals surface area contributed by atoms with Gasteiger partial charge < -0.3 is 14.6 Å². The number of hydrogen-bond acceptors (Lipinski definition) is 5. The number of aliphatic hydroxyl groups excluding tert-OH is 1. The van der Waals surface area contributed by atoms with Crippen molar-refractivity contribution >= 4 is 21.9 Å². The van der Waals surface area contributed by atoms with Gasteiger partial charge in [-0.25, -0.2) is 4.79 Å².